The third kappa shape index (κ3) is 1.08. The summed E-state index contributed by atoms with van der Waals surface area (Å²) in [6.45, 7) is 4.70. The Hall–Kier alpha value is -1.03. The molecule has 0 spiro atoms. The normalized spacial score (nSPS) is 20.5. The molecule has 4 heteroatoms. The van der Waals surface area contributed by atoms with Gasteiger partial charge in [-0.05, 0) is 13.8 Å². The van der Waals surface area contributed by atoms with E-state index in [0.29, 0.717) is 12.4 Å². The predicted molar refractivity (Wildman–Crippen MR) is 45.6 cm³/mol. The van der Waals surface area contributed by atoms with Crippen LogP contribution in [0, 0.1) is 0 Å². The van der Waals surface area contributed by atoms with E-state index in [1.807, 2.05) is 0 Å². The summed E-state index contributed by atoms with van der Waals surface area (Å²) in [5.41, 5.74) is 7.67. The Morgan fingerprint density at radius 3 is 3.08 bits per heavy atom. The number of nitrogens with zero attached hydrogens (tertiary/aromatic N) is 1. The molecule has 1 aromatic rings. The second-order valence-corrected chi connectivity index (χ2v) is 3.79. The first kappa shape index (κ1) is 7.61. The van der Waals surface area contributed by atoms with Crippen LogP contribution in [0.5, 0.6) is 0 Å². The molecule has 0 bridgehead atoms. The molecule has 1 aliphatic heterocycles. The Morgan fingerprint density at radius 1 is 1.58 bits per heavy atom. The second-order valence-electron chi connectivity index (χ2n) is 3.79. The monoisotopic (exact) mass is 167 g/mol. The number of aromatic amines is 1. The first-order valence-electron chi connectivity index (χ1n) is 4.04. The Kier molecular flexibility index (Phi) is 1.41. The van der Waals surface area contributed by atoms with Gasteiger partial charge in [0.25, 0.3) is 0 Å². The molecule has 0 saturated carbocycles. The fourth-order valence-electron chi connectivity index (χ4n) is 1.47. The third-order valence-corrected chi connectivity index (χ3v) is 2.19. The van der Waals surface area contributed by atoms with Gasteiger partial charge in [0.2, 0.25) is 0 Å². The molecule has 0 atom stereocenters. The topological polar surface area (TPSA) is 63.9 Å². The summed E-state index contributed by atoms with van der Waals surface area (Å²) in [6.07, 6.45) is 0.854. The van der Waals surface area contributed by atoms with Crippen molar-refractivity contribution in [2.45, 2.75) is 32.5 Å². The zero-order valence-corrected chi connectivity index (χ0v) is 7.35. The molecular weight excluding hydrogens is 154 g/mol. The lowest BCUT2D eigenvalue weighted by molar-refractivity contribution is -0.0403. The van der Waals surface area contributed by atoms with Crippen molar-refractivity contribution in [1.29, 1.82) is 0 Å². The Balaban J connectivity index is 2.37. The first-order chi connectivity index (χ1) is 5.58. The van der Waals surface area contributed by atoms with Crippen LogP contribution in [0.2, 0.25) is 0 Å². The quantitative estimate of drug-likeness (QED) is 0.602. The van der Waals surface area contributed by atoms with E-state index < -0.39 is 0 Å². The molecule has 0 amide bonds. The number of ether oxygens (including phenoxy) is 1. The highest BCUT2D eigenvalue weighted by Crippen LogP contribution is 2.28. The van der Waals surface area contributed by atoms with Crippen LogP contribution < -0.4 is 5.73 Å². The maximum Gasteiger partial charge on any atom is 0.151 e. The van der Waals surface area contributed by atoms with Crippen LogP contribution in [-0.2, 0) is 17.8 Å². The lowest BCUT2D eigenvalue weighted by Crippen LogP contribution is -2.31. The van der Waals surface area contributed by atoms with E-state index in [4.69, 9.17) is 10.5 Å². The maximum absolute atomic E-state index is 5.63. The minimum atomic E-state index is -0.0913. The molecule has 0 saturated heterocycles. The molecule has 2 rings (SSSR count). The molecule has 1 aliphatic rings. The lowest BCUT2D eigenvalue weighted by atomic mass is 9.97. The highest BCUT2D eigenvalue weighted by Gasteiger charge is 2.28. The summed E-state index contributed by atoms with van der Waals surface area (Å²) in [5, 5.41) is 6.86. The molecule has 3 N–H and O–H groups in total. The molecular formula is C8H13N3O. The van der Waals surface area contributed by atoms with Crippen molar-refractivity contribution >= 4 is 5.82 Å². The number of rotatable bonds is 0. The van der Waals surface area contributed by atoms with Crippen molar-refractivity contribution < 1.29 is 4.74 Å². The third-order valence-electron chi connectivity index (χ3n) is 2.19. The van der Waals surface area contributed by atoms with E-state index in [2.05, 4.69) is 24.0 Å². The van der Waals surface area contributed by atoms with Crippen LogP contribution in [0.4, 0.5) is 5.82 Å². The van der Waals surface area contributed by atoms with Gasteiger partial charge in [0.05, 0.1) is 12.2 Å². The molecule has 4 nitrogen and oxygen atoms in total. The van der Waals surface area contributed by atoms with Crippen LogP contribution in [0.15, 0.2) is 0 Å². The summed E-state index contributed by atoms with van der Waals surface area (Å²) in [7, 11) is 0. The largest absolute Gasteiger partial charge is 0.382 e. The van der Waals surface area contributed by atoms with Crippen LogP contribution in [-0.4, -0.2) is 15.8 Å². The molecule has 0 fully saturated rings. The molecule has 0 unspecified atom stereocenters. The van der Waals surface area contributed by atoms with Gasteiger partial charge in [0.15, 0.2) is 5.82 Å². The fraction of sp³-hybridized carbons (Fsp3) is 0.625. The molecule has 66 valence electrons. The molecule has 2 heterocycles. The van der Waals surface area contributed by atoms with E-state index in [0.717, 1.165) is 17.7 Å². The SMILES string of the molecule is CC1(C)Cc2[nH]nc(N)c2CO1. The summed E-state index contributed by atoms with van der Waals surface area (Å²) in [4.78, 5) is 0. The summed E-state index contributed by atoms with van der Waals surface area (Å²) < 4.78 is 5.59. The Bertz CT molecular complexity index is 303. The summed E-state index contributed by atoms with van der Waals surface area (Å²) >= 11 is 0. The number of nitrogens with one attached hydrogen (secondary N) is 1. The molecule has 0 aliphatic carbocycles. The van der Waals surface area contributed by atoms with Crippen molar-refractivity contribution in [2.75, 3.05) is 5.73 Å². The van der Waals surface area contributed by atoms with Crippen LogP contribution in [0.25, 0.3) is 0 Å². The standard InChI is InChI=1S/C8H13N3O/c1-8(2)3-6-5(4-12-8)7(9)11-10-6/h3-4H2,1-2H3,(H3,9,10,11). The van der Waals surface area contributed by atoms with Gasteiger partial charge >= 0.3 is 0 Å². The van der Waals surface area contributed by atoms with Crippen molar-refractivity contribution in [3.05, 3.63) is 11.3 Å². The van der Waals surface area contributed by atoms with Gasteiger partial charge < -0.3 is 10.5 Å². The van der Waals surface area contributed by atoms with Crippen LogP contribution in [0.1, 0.15) is 25.1 Å². The Morgan fingerprint density at radius 2 is 2.33 bits per heavy atom. The number of H-pyrrole nitrogens is 1. The van der Waals surface area contributed by atoms with E-state index in [9.17, 15) is 0 Å². The van der Waals surface area contributed by atoms with Gasteiger partial charge in [-0.3, -0.25) is 5.10 Å². The highest BCUT2D eigenvalue weighted by molar-refractivity contribution is 5.42. The van der Waals surface area contributed by atoms with E-state index in [1.54, 1.807) is 0 Å². The molecule has 1 aromatic heterocycles. The van der Waals surface area contributed by atoms with Gasteiger partial charge in [-0.2, -0.15) is 5.10 Å². The van der Waals surface area contributed by atoms with Crippen molar-refractivity contribution in [2.24, 2.45) is 0 Å². The minimum absolute atomic E-state index is 0.0913. The van der Waals surface area contributed by atoms with E-state index >= 15 is 0 Å². The summed E-state index contributed by atoms with van der Waals surface area (Å²) in [6, 6.07) is 0. The first-order valence-corrected chi connectivity index (χ1v) is 4.04. The van der Waals surface area contributed by atoms with Gasteiger partial charge in [-0.25, -0.2) is 0 Å². The second kappa shape index (κ2) is 2.23. The van der Waals surface area contributed by atoms with Crippen molar-refractivity contribution in [1.82, 2.24) is 10.2 Å². The number of anilines is 1. The number of hydrogen-bond acceptors (Lipinski definition) is 3. The van der Waals surface area contributed by atoms with Gasteiger partial charge in [-0.1, -0.05) is 0 Å². The van der Waals surface area contributed by atoms with Crippen LogP contribution >= 0.6 is 0 Å². The van der Waals surface area contributed by atoms with Gasteiger partial charge in [0.1, 0.15) is 0 Å². The maximum atomic E-state index is 5.63. The number of aromatic nitrogens is 2. The molecule has 12 heavy (non-hydrogen) atoms. The van der Waals surface area contributed by atoms with Crippen LogP contribution in [0.3, 0.4) is 0 Å². The average molecular weight is 167 g/mol. The van der Waals surface area contributed by atoms with Gasteiger partial charge in [-0.15, -0.1) is 0 Å². The number of hydrogen-bond donors (Lipinski definition) is 2. The highest BCUT2D eigenvalue weighted by atomic mass is 16.5. The van der Waals surface area contributed by atoms with Gasteiger partial charge in [0, 0.05) is 17.7 Å². The van der Waals surface area contributed by atoms with Crippen molar-refractivity contribution in [3.8, 4) is 0 Å². The summed E-state index contributed by atoms with van der Waals surface area (Å²) in [5.74, 6) is 0.570. The number of nitrogen functional groups attached to an aromatic ring is 1. The lowest BCUT2D eigenvalue weighted by Gasteiger charge is -2.29. The van der Waals surface area contributed by atoms with Crippen molar-refractivity contribution in [3.63, 3.8) is 0 Å². The molecule has 0 aromatic carbocycles. The Labute approximate surface area is 71.1 Å². The van der Waals surface area contributed by atoms with E-state index in [-0.39, 0.29) is 5.60 Å². The zero-order valence-electron chi connectivity index (χ0n) is 7.35. The number of fused-ring (bicyclic) bond motifs is 1. The van der Waals surface area contributed by atoms with E-state index in [1.165, 1.54) is 0 Å². The predicted octanol–water partition coefficient (Wildman–Crippen LogP) is 0.843. The fourth-order valence-corrected chi connectivity index (χ4v) is 1.47. The average Bonchev–Trinajstić information content (AvgIpc) is 2.30. The zero-order chi connectivity index (χ0) is 8.77. The molecule has 0 radical (unpaired) electrons. The smallest absolute Gasteiger partial charge is 0.151 e. The number of nitrogens with two attached hydrogens (primary N) is 1. The minimum Gasteiger partial charge on any atom is -0.382 e.